The lowest BCUT2D eigenvalue weighted by Crippen LogP contribution is -2.34. The molecule has 3 rings (SSSR count). The average molecular weight is 362 g/mol. The molecule has 3 atom stereocenters. The van der Waals surface area contributed by atoms with E-state index >= 15 is 0 Å². The highest BCUT2D eigenvalue weighted by molar-refractivity contribution is 5.58. The molecular formula is C19H22O7. The Morgan fingerprint density at radius 2 is 1.46 bits per heavy atom. The smallest absolute Gasteiger partial charge is 0.203 e. The third-order valence-electron chi connectivity index (χ3n) is 4.46. The molecule has 7 heteroatoms. The summed E-state index contributed by atoms with van der Waals surface area (Å²) in [6.45, 7) is 0. The molecule has 0 radical (unpaired) electrons. The summed E-state index contributed by atoms with van der Waals surface area (Å²) < 4.78 is 27.3. The number of ether oxygens (including phenoxy) is 5. The Bertz CT molecular complexity index is 790. The largest absolute Gasteiger partial charge is 0.493 e. The maximum atomic E-state index is 10.6. The zero-order chi connectivity index (χ0) is 18.8. The van der Waals surface area contributed by atoms with Gasteiger partial charge in [-0.1, -0.05) is 6.07 Å². The Kier molecular flexibility index (Phi) is 5.11. The highest BCUT2D eigenvalue weighted by atomic mass is 16.5. The molecule has 0 aliphatic carbocycles. The van der Waals surface area contributed by atoms with E-state index < -0.39 is 18.3 Å². The maximum absolute atomic E-state index is 10.6. The van der Waals surface area contributed by atoms with Crippen LogP contribution >= 0.6 is 0 Å². The second kappa shape index (κ2) is 7.31. The van der Waals surface area contributed by atoms with Crippen LogP contribution in [-0.4, -0.2) is 44.8 Å². The van der Waals surface area contributed by atoms with Crippen molar-refractivity contribution in [1.82, 2.24) is 0 Å². The van der Waals surface area contributed by atoms with Gasteiger partial charge in [0.25, 0.3) is 0 Å². The lowest BCUT2D eigenvalue weighted by Gasteiger charge is -2.35. The van der Waals surface area contributed by atoms with Crippen molar-refractivity contribution in [2.24, 2.45) is 0 Å². The first kappa shape index (κ1) is 18.2. The Balaban J connectivity index is 2.07. The lowest BCUT2D eigenvalue weighted by atomic mass is 9.91. The predicted octanol–water partition coefficient (Wildman–Crippen LogP) is 2.25. The normalized spacial score (nSPS) is 21.4. The maximum Gasteiger partial charge on any atom is 0.203 e. The molecule has 140 valence electrons. The summed E-state index contributed by atoms with van der Waals surface area (Å²) in [5, 5.41) is 21.2. The zero-order valence-corrected chi connectivity index (χ0v) is 15.1. The quantitative estimate of drug-likeness (QED) is 0.844. The minimum atomic E-state index is -1.17. The molecule has 1 aliphatic rings. The van der Waals surface area contributed by atoms with Crippen molar-refractivity contribution in [2.45, 2.75) is 18.3 Å². The molecular weight excluding hydrogens is 340 g/mol. The molecule has 1 aliphatic heterocycles. The molecule has 0 fully saturated rings. The standard InChI is InChI=1S/C19H22O7/c1-22-12-7-5-10(9-14(12)24-3)17-16(21)15(20)11-6-8-13(23-2)19(25-4)18(11)26-17/h5-9,15-17,20-21H,1-4H3. The summed E-state index contributed by atoms with van der Waals surface area (Å²) in [7, 11) is 6.08. The van der Waals surface area contributed by atoms with Crippen LogP contribution in [0.4, 0.5) is 0 Å². The molecule has 2 aromatic rings. The minimum Gasteiger partial charge on any atom is -0.493 e. The number of hydrogen-bond donors (Lipinski definition) is 2. The fraction of sp³-hybridized carbons (Fsp3) is 0.368. The van der Waals surface area contributed by atoms with Crippen molar-refractivity contribution in [3.63, 3.8) is 0 Å². The van der Waals surface area contributed by atoms with Gasteiger partial charge in [-0.2, -0.15) is 0 Å². The van der Waals surface area contributed by atoms with Crippen LogP contribution in [0.25, 0.3) is 0 Å². The van der Waals surface area contributed by atoms with Crippen LogP contribution in [0.5, 0.6) is 28.7 Å². The van der Waals surface area contributed by atoms with E-state index in [2.05, 4.69) is 0 Å². The van der Waals surface area contributed by atoms with Crippen LogP contribution in [0.2, 0.25) is 0 Å². The molecule has 0 saturated carbocycles. The zero-order valence-electron chi connectivity index (χ0n) is 15.1. The fourth-order valence-corrected chi connectivity index (χ4v) is 3.11. The van der Waals surface area contributed by atoms with Gasteiger partial charge >= 0.3 is 0 Å². The van der Waals surface area contributed by atoms with Crippen LogP contribution in [0.1, 0.15) is 23.3 Å². The van der Waals surface area contributed by atoms with E-state index in [1.807, 2.05) is 0 Å². The first-order chi connectivity index (χ1) is 12.5. The van der Waals surface area contributed by atoms with Crippen molar-refractivity contribution in [2.75, 3.05) is 28.4 Å². The predicted molar refractivity (Wildman–Crippen MR) is 93.4 cm³/mol. The van der Waals surface area contributed by atoms with Gasteiger partial charge in [0.2, 0.25) is 5.75 Å². The van der Waals surface area contributed by atoms with E-state index in [1.54, 1.807) is 37.4 Å². The van der Waals surface area contributed by atoms with E-state index in [1.165, 1.54) is 21.3 Å². The number of aliphatic hydroxyl groups is 2. The van der Waals surface area contributed by atoms with Gasteiger partial charge in [0.15, 0.2) is 29.1 Å². The summed E-state index contributed by atoms with van der Waals surface area (Å²) >= 11 is 0. The molecule has 0 amide bonds. The second-order valence-electron chi connectivity index (χ2n) is 5.81. The van der Waals surface area contributed by atoms with Gasteiger partial charge in [-0.3, -0.25) is 0 Å². The Labute approximate surface area is 151 Å². The van der Waals surface area contributed by atoms with Crippen LogP contribution in [0.3, 0.4) is 0 Å². The molecule has 1 heterocycles. The third-order valence-corrected chi connectivity index (χ3v) is 4.46. The Morgan fingerprint density at radius 3 is 2.08 bits per heavy atom. The van der Waals surface area contributed by atoms with Gasteiger partial charge in [-0.15, -0.1) is 0 Å². The van der Waals surface area contributed by atoms with Gasteiger partial charge in [-0.25, -0.2) is 0 Å². The molecule has 0 saturated heterocycles. The van der Waals surface area contributed by atoms with Crippen molar-refractivity contribution in [3.05, 3.63) is 41.5 Å². The molecule has 3 unspecified atom stereocenters. The minimum absolute atomic E-state index is 0.337. The number of rotatable bonds is 5. The molecule has 26 heavy (non-hydrogen) atoms. The summed E-state index contributed by atoms with van der Waals surface area (Å²) in [5.74, 6) is 2.23. The van der Waals surface area contributed by atoms with Gasteiger partial charge in [-0.05, 0) is 29.8 Å². The van der Waals surface area contributed by atoms with Crippen LogP contribution in [0, 0.1) is 0 Å². The number of fused-ring (bicyclic) bond motifs is 1. The summed E-state index contributed by atoms with van der Waals surface area (Å²) in [4.78, 5) is 0. The van der Waals surface area contributed by atoms with E-state index in [0.29, 0.717) is 39.9 Å². The first-order valence-corrected chi connectivity index (χ1v) is 8.05. The van der Waals surface area contributed by atoms with E-state index in [9.17, 15) is 10.2 Å². The monoisotopic (exact) mass is 362 g/mol. The van der Waals surface area contributed by atoms with Gasteiger partial charge < -0.3 is 33.9 Å². The topological polar surface area (TPSA) is 86.6 Å². The van der Waals surface area contributed by atoms with Crippen LogP contribution < -0.4 is 23.7 Å². The molecule has 7 nitrogen and oxygen atoms in total. The number of hydrogen-bond acceptors (Lipinski definition) is 7. The molecule has 0 spiro atoms. The fourth-order valence-electron chi connectivity index (χ4n) is 3.11. The third kappa shape index (κ3) is 2.89. The first-order valence-electron chi connectivity index (χ1n) is 8.05. The lowest BCUT2D eigenvalue weighted by molar-refractivity contribution is -0.0710. The summed E-state index contributed by atoms with van der Waals surface area (Å²) in [6.07, 6.45) is -3.13. The Morgan fingerprint density at radius 1 is 0.808 bits per heavy atom. The molecule has 2 aromatic carbocycles. The highest BCUT2D eigenvalue weighted by Gasteiger charge is 2.39. The van der Waals surface area contributed by atoms with Gasteiger partial charge in [0.05, 0.1) is 28.4 Å². The molecule has 2 N–H and O–H groups in total. The number of methoxy groups -OCH3 is 4. The van der Waals surface area contributed by atoms with Crippen molar-refractivity contribution in [1.29, 1.82) is 0 Å². The average Bonchev–Trinajstić information content (AvgIpc) is 2.68. The van der Waals surface area contributed by atoms with Gasteiger partial charge in [0.1, 0.15) is 12.2 Å². The second-order valence-corrected chi connectivity index (χ2v) is 5.81. The van der Waals surface area contributed by atoms with Crippen LogP contribution in [-0.2, 0) is 0 Å². The molecule has 0 bridgehead atoms. The number of benzene rings is 2. The summed E-state index contributed by atoms with van der Waals surface area (Å²) in [5.41, 5.74) is 1.07. The SMILES string of the molecule is COc1ccc(C2Oc3c(ccc(OC)c3OC)C(O)C2O)cc1OC. The van der Waals surface area contributed by atoms with Crippen molar-refractivity contribution in [3.8, 4) is 28.7 Å². The van der Waals surface area contributed by atoms with E-state index in [-0.39, 0.29) is 0 Å². The highest BCUT2D eigenvalue weighted by Crippen LogP contribution is 2.50. The van der Waals surface area contributed by atoms with Crippen molar-refractivity contribution < 1.29 is 33.9 Å². The van der Waals surface area contributed by atoms with Crippen molar-refractivity contribution >= 4 is 0 Å². The van der Waals surface area contributed by atoms with Gasteiger partial charge in [0, 0.05) is 5.56 Å². The van der Waals surface area contributed by atoms with E-state index in [0.717, 1.165) is 0 Å². The van der Waals surface area contributed by atoms with E-state index in [4.69, 9.17) is 23.7 Å². The molecule has 0 aromatic heterocycles. The summed E-state index contributed by atoms with van der Waals surface area (Å²) in [6, 6.07) is 8.48. The van der Waals surface area contributed by atoms with Crippen LogP contribution in [0.15, 0.2) is 30.3 Å². The Hall–Kier alpha value is -2.64. The number of aliphatic hydroxyl groups excluding tert-OH is 2.